The molecule has 0 aromatic carbocycles. The summed E-state index contributed by atoms with van der Waals surface area (Å²) in [7, 11) is -3.50. The van der Waals surface area contributed by atoms with E-state index in [0.717, 1.165) is 19.3 Å². The lowest BCUT2D eigenvalue weighted by Crippen LogP contribution is -2.37. The molecule has 0 spiro atoms. The molecule has 19 heavy (non-hydrogen) atoms. The predicted octanol–water partition coefficient (Wildman–Crippen LogP) is 1.77. The van der Waals surface area contributed by atoms with Crippen molar-refractivity contribution >= 4 is 15.8 Å². The van der Waals surface area contributed by atoms with E-state index in [2.05, 4.69) is 23.6 Å². The fourth-order valence-electron chi connectivity index (χ4n) is 2.85. The van der Waals surface area contributed by atoms with Gasteiger partial charge in [-0.1, -0.05) is 20.3 Å². The first-order valence-electron chi connectivity index (χ1n) is 6.68. The molecule has 106 valence electrons. The second-order valence-corrected chi connectivity index (χ2v) is 6.96. The van der Waals surface area contributed by atoms with E-state index >= 15 is 0 Å². The molecule has 1 aromatic heterocycles. The number of sulfonamides is 1. The molecular formula is C13H21N3O2S. The third-order valence-electron chi connectivity index (χ3n) is 4.12. The Bertz CT molecular complexity index is 545. The van der Waals surface area contributed by atoms with Gasteiger partial charge in [-0.3, -0.25) is 0 Å². The van der Waals surface area contributed by atoms with Gasteiger partial charge >= 0.3 is 0 Å². The van der Waals surface area contributed by atoms with E-state index in [0.29, 0.717) is 11.8 Å². The number of anilines is 1. The summed E-state index contributed by atoms with van der Waals surface area (Å²) >= 11 is 0. The molecule has 3 atom stereocenters. The first kappa shape index (κ1) is 14.3. The topological polar surface area (TPSA) is 85.1 Å². The summed E-state index contributed by atoms with van der Waals surface area (Å²) in [5.41, 5.74) is 5.53. The van der Waals surface area contributed by atoms with Crippen LogP contribution in [-0.4, -0.2) is 19.4 Å². The van der Waals surface area contributed by atoms with Gasteiger partial charge in [-0.15, -0.1) is 0 Å². The minimum absolute atomic E-state index is 0.0179. The molecular weight excluding hydrogens is 262 g/mol. The molecule has 1 aliphatic carbocycles. The van der Waals surface area contributed by atoms with Crippen LogP contribution in [0.25, 0.3) is 0 Å². The molecule has 2 rings (SSSR count). The second kappa shape index (κ2) is 5.46. The van der Waals surface area contributed by atoms with Crippen LogP contribution in [0.2, 0.25) is 0 Å². The second-order valence-electron chi connectivity index (χ2n) is 5.25. The molecule has 0 bridgehead atoms. The molecule has 1 heterocycles. The van der Waals surface area contributed by atoms with Crippen molar-refractivity contribution in [1.82, 2.24) is 9.71 Å². The highest BCUT2D eigenvalue weighted by Crippen LogP contribution is 2.34. The molecule has 1 aliphatic rings. The molecule has 1 aromatic rings. The molecule has 0 saturated heterocycles. The first-order chi connectivity index (χ1) is 8.94. The van der Waals surface area contributed by atoms with Crippen molar-refractivity contribution < 1.29 is 8.42 Å². The molecule has 3 N–H and O–H groups in total. The van der Waals surface area contributed by atoms with E-state index in [1.165, 1.54) is 18.3 Å². The summed E-state index contributed by atoms with van der Waals surface area (Å²) < 4.78 is 27.4. The molecule has 1 fully saturated rings. The lowest BCUT2D eigenvalue weighted by molar-refractivity contribution is 0.368. The van der Waals surface area contributed by atoms with Gasteiger partial charge in [0.1, 0.15) is 5.82 Å². The van der Waals surface area contributed by atoms with Crippen molar-refractivity contribution in [2.45, 2.75) is 44.0 Å². The van der Waals surface area contributed by atoms with Crippen LogP contribution >= 0.6 is 0 Å². The molecule has 0 amide bonds. The largest absolute Gasteiger partial charge is 0.384 e. The van der Waals surface area contributed by atoms with E-state index in [4.69, 9.17) is 5.73 Å². The SMILES string of the molecule is CCC1CCC(NS(=O)(=O)c2ccnc(N)c2)C1C. The zero-order chi connectivity index (χ0) is 14.0. The maximum Gasteiger partial charge on any atom is 0.241 e. The van der Waals surface area contributed by atoms with Crippen LogP contribution in [0.1, 0.15) is 33.1 Å². The number of hydrogen-bond acceptors (Lipinski definition) is 4. The number of nitrogen functional groups attached to an aromatic ring is 1. The lowest BCUT2D eigenvalue weighted by atomic mass is 9.94. The Kier molecular flexibility index (Phi) is 4.10. The maximum atomic E-state index is 12.3. The third-order valence-corrected chi connectivity index (χ3v) is 5.61. The van der Waals surface area contributed by atoms with Crippen LogP contribution in [0.5, 0.6) is 0 Å². The monoisotopic (exact) mass is 283 g/mol. The average Bonchev–Trinajstić information content (AvgIpc) is 2.70. The van der Waals surface area contributed by atoms with Crippen LogP contribution in [0, 0.1) is 11.8 Å². The van der Waals surface area contributed by atoms with Crippen LogP contribution in [0.4, 0.5) is 5.82 Å². The molecule has 0 radical (unpaired) electrons. The maximum absolute atomic E-state index is 12.3. The fraction of sp³-hybridized carbons (Fsp3) is 0.615. The van der Waals surface area contributed by atoms with Gasteiger partial charge in [-0.25, -0.2) is 18.1 Å². The van der Waals surface area contributed by atoms with Crippen LogP contribution in [0.3, 0.4) is 0 Å². The first-order valence-corrected chi connectivity index (χ1v) is 8.16. The van der Waals surface area contributed by atoms with Gasteiger partial charge in [0.25, 0.3) is 0 Å². The van der Waals surface area contributed by atoms with Crippen molar-refractivity contribution in [2.24, 2.45) is 11.8 Å². The highest BCUT2D eigenvalue weighted by Gasteiger charge is 2.34. The minimum Gasteiger partial charge on any atom is -0.384 e. The Hall–Kier alpha value is -1.14. The summed E-state index contributed by atoms with van der Waals surface area (Å²) in [6.45, 7) is 4.27. The highest BCUT2D eigenvalue weighted by molar-refractivity contribution is 7.89. The van der Waals surface area contributed by atoms with Gasteiger partial charge in [-0.2, -0.15) is 0 Å². The summed E-state index contributed by atoms with van der Waals surface area (Å²) in [6, 6.07) is 2.87. The van der Waals surface area contributed by atoms with E-state index < -0.39 is 10.0 Å². The number of aromatic nitrogens is 1. The quantitative estimate of drug-likeness (QED) is 0.882. The Balaban J connectivity index is 2.14. The Morgan fingerprint density at radius 3 is 2.79 bits per heavy atom. The highest BCUT2D eigenvalue weighted by atomic mass is 32.2. The normalized spacial score (nSPS) is 27.6. The molecule has 1 saturated carbocycles. The number of nitrogens with zero attached hydrogens (tertiary/aromatic N) is 1. The number of nitrogens with two attached hydrogens (primary N) is 1. The summed E-state index contributed by atoms with van der Waals surface area (Å²) in [6.07, 6.45) is 4.50. The van der Waals surface area contributed by atoms with E-state index in [1.54, 1.807) is 0 Å². The molecule has 6 heteroatoms. The van der Waals surface area contributed by atoms with Crippen LogP contribution < -0.4 is 10.5 Å². The van der Waals surface area contributed by atoms with Gasteiger partial charge < -0.3 is 5.73 Å². The molecule has 5 nitrogen and oxygen atoms in total. The summed E-state index contributed by atoms with van der Waals surface area (Å²) in [5.74, 6) is 1.20. The zero-order valence-electron chi connectivity index (χ0n) is 11.3. The van der Waals surface area contributed by atoms with E-state index in [-0.39, 0.29) is 16.8 Å². The van der Waals surface area contributed by atoms with E-state index in [9.17, 15) is 8.42 Å². The number of hydrogen-bond donors (Lipinski definition) is 2. The van der Waals surface area contributed by atoms with E-state index in [1.807, 2.05) is 0 Å². The van der Waals surface area contributed by atoms with Gasteiger partial charge in [0, 0.05) is 18.3 Å². The van der Waals surface area contributed by atoms with Gasteiger partial charge in [0.2, 0.25) is 10.0 Å². The summed E-state index contributed by atoms with van der Waals surface area (Å²) in [5, 5.41) is 0. The Morgan fingerprint density at radius 1 is 1.47 bits per heavy atom. The Morgan fingerprint density at radius 2 is 2.21 bits per heavy atom. The standard InChI is InChI=1S/C13H21N3O2S/c1-3-10-4-5-12(9(10)2)16-19(17,18)11-6-7-15-13(14)8-11/h6-10,12,16H,3-5H2,1-2H3,(H2,14,15). The molecule has 3 unspecified atom stereocenters. The Labute approximate surface area is 114 Å². The van der Waals surface area contributed by atoms with Gasteiger partial charge in [0.15, 0.2) is 0 Å². The molecule has 0 aliphatic heterocycles. The van der Waals surface area contributed by atoms with Crippen molar-refractivity contribution in [2.75, 3.05) is 5.73 Å². The third kappa shape index (κ3) is 3.06. The summed E-state index contributed by atoms with van der Waals surface area (Å²) in [4.78, 5) is 4.00. The minimum atomic E-state index is -3.50. The number of pyridine rings is 1. The van der Waals surface area contributed by atoms with Crippen molar-refractivity contribution in [3.63, 3.8) is 0 Å². The number of rotatable bonds is 4. The fourth-order valence-corrected chi connectivity index (χ4v) is 4.24. The zero-order valence-corrected chi connectivity index (χ0v) is 12.2. The smallest absolute Gasteiger partial charge is 0.241 e. The van der Waals surface area contributed by atoms with Crippen molar-refractivity contribution in [3.05, 3.63) is 18.3 Å². The number of nitrogens with one attached hydrogen (secondary N) is 1. The van der Waals surface area contributed by atoms with Crippen molar-refractivity contribution in [1.29, 1.82) is 0 Å². The van der Waals surface area contributed by atoms with Crippen molar-refractivity contribution in [3.8, 4) is 0 Å². The van der Waals surface area contributed by atoms with Gasteiger partial charge in [-0.05, 0) is 30.7 Å². The lowest BCUT2D eigenvalue weighted by Gasteiger charge is -2.20. The predicted molar refractivity (Wildman–Crippen MR) is 74.9 cm³/mol. The van der Waals surface area contributed by atoms with Gasteiger partial charge in [0.05, 0.1) is 4.90 Å². The van der Waals surface area contributed by atoms with Crippen LogP contribution in [0.15, 0.2) is 23.2 Å². The van der Waals surface area contributed by atoms with Crippen LogP contribution in [-0.2, 0) is 10.0 Å². The average molecular weight is 283 g/mol.